The maximum Gasteiger partial charge on any atom is 0.0230 e. The Labute approximate surface area is 119 Å². The van der Waals surface area contributed by atoms with Crippen molar-refractivity contribution in [2.24, 2.45) is 11.3 Å². The Morgan fingerprint density at radius 3 is 2.37 bits per heavy atom. The molecule has 1 aromatic rings. The number of nitrogens with zero attached hydrogens (tertiary/aromatic N) is 1. The number of hydrogen-bond acceptors (Lipinski definition) is 1. The Morgan fingerprint density at radius 1 is 1.16 bits per heavy atom. The monoisotopic (exact) mass is 259 g/mol. The number of rotatable bonds is 5. The van der Waals surface area contributed by atoms with Gasteiger partial charge in [-0.2, -0.15) is 0 Å². The molecule has 2 rings (SSSR count). The van der Waals surface area contributed by atoms with E-state index in [-0.39, 0.29) is 0 Å². The molecule has 0 bridgehead atoms. The second kappa shape index (κ2) is 6.56. The van der Waals surface area contributed by atoms with E-state index in [4.69, 9.17) is 0 Å². The molecule has 1 aliphatic carbocycles. The van der Waals surface area contributed by atoms with E-state index in [1.54, 1.807) is 0 Å². The Balaban J connectivity index is 1.91. The van der Waals surface area contributed by atoms with E-state index in [1.165, 1.54) is 44.2 Å². The zero-order valence-corrected chi connectivity index (χ0v) is 12.9. The van der Waals surface area contributed by atoms with Crippen molar-refractivity contribution in [2.45, 2.75) is 52.5 Å². The van der Waals surface area contributed by atoms with Gasteiger partial charge in [0.1, 0.15) is 0 Å². The van der Waals surface area contributed by atoms with Crippen LogP contribution in [-0.4, -0.2) is 18.5 Å². The third-order valence-electron chi connectivity index (χ3n) is 4.99. The molecule has 0 aromatic heterocycles. The molecular formula is C18H29N. The molecule has 0 unspecified atom stereocenters. The summed E-state index contributed by atoms with van der Waals surface area (Å²) in [7, 11) is 2.28. The second-order valence-electron chi connectivity index (χ2n) is 6.69. The summed E-state index contributed by atoms with van der Waals surface area (Å²) in [6.45, 7) is 7.13. The summed E-state index contributed by atoms with van der Waals surface area (Å²) in [6.07, 6.45) is 7.02. The zero-order chi connectivity index (χ0) is 13.7. The second-order valence-corrected chi connectivity index (χ2v) is 6.69. The normalized spacial score (nSPS) is 27.7. The highest BCUT2D eigenvalue weighted by Crippen LogP contribution is 2.41. The van der Waals surface area contributed by atoms with Gasteiger partial charge in [-0.3, -0.25) is 0 Å². The summed E-state index contributed by atoms with van der Waals surface area (Å²) in [4.78, 5) is 2.52. The highest BCUT2D eigenvalue weighted by molar-refractivity contribution is 5.14. The predicted octanol–water partition coefficient (Wildman–Crippen LogP) is 4.72. The molecule has 19 heavy (non-hydrogen) atoms. The van der Waals surface area contributed by atoms with Crippen molar-refractivity contribution < 1.29 is 0 Å². The van der Waals surface area contributed by atoms with Crippen LogP contribution in [0.15, 0.2) is 30.3 Å². The molecule has 0 aliphatic heterocycles. The molecule has 1 aliphatic rings. The average Bonchev–Trinajstić information content (AvgIpc) is 2.43. The van der Waals surface area contributed by atoms with Crippen LogP contribution in [0.1, 0.15) is 51.5 Å². The third kappa shape index (κ3) is 4.07. The summed E-state index contributed by atoms with van der Waals surface area (Å²) in [6, 6.07) is 10.8. The van der Waals surface area contributed by atoms with E-state index < -0.39 is 0 Å². The predicted molar refractivity (Wildman–Crippen MR) is 83.1 cm³/mol. The summed E-state index contributed by atoms with van der Waals surface area (Å²) in [5.74, 6) is 0.944. The minimum Gasteiger partial charge on any atom is -0.302 e. The fourth-order valence-corrected chi connectivity index (χ4v) is 3.52. The number of benzene rings is 1. The maximum absolute atomic E-state index is 2.52. The Bertz CT molecular complexity index is 363. The zero-order valence-electron chi connectivity index (χ0n) is 12.9. The van der Waals surface area contributed by atoms with Crippen molar-refractivity contribution in [3.05, 3.63) is 35.9 Å². The SMILES string of the molecule is CCC1(CN(C)Cc2ccccc2)CCC(C)CC1. The molecule has 1 fully saturated rings. The number of hydrogen-bond donors (Lipinski definition) is 0. The molecule has 1 saturated carbocycles. The van der Waals surface area contributed by atoms with Crippen molar-refractivity contribution in [3.63, 3.8) is 0 Å². The van der Waals surface area contributed by atoms with E-state index in [0.29, 0.717) is 5.41 Å². The first-order valence-electron chi connectivity index (χ1n) is 7.86. The van der Waals surface area contributed by atoms with Crippen LogP contribution >= 0.6 is 0 Å². The van der Waals surface area contributed by atoms with Crippen LogP contribution in [0.4, 0.5) is 0 Å². The van der Waals surface area contributed by atoms with E-state index in [2.05, 4.69) is 56.1 Å². The molecule has 0 N–H and O–H groups in total. The molecule has 1 nitrogen and oxygen atoms in total. The van der Waals surface area contributed by atoms with Crippen molar-refractivity contribution >= 4 is 0 Å². The van der Waals surface area contributed by atoms with E-state index in [9.17, 15) is 0 Å². The first-order chi connectivity index (χ1) is 9.13. The van der Waals surface area contributed by atoms with Crippen LogP contribution in [0.3, 0.4) is 0 Å². The van der Waals surface area contributed by atoms with Gasteiger partial charge in [0.15, 0.2) is 0 Å². The van der Waals surface area contributed by atoms with Crippen LogP contribution in [-0.2, 0) is 6.54 Å². The van der Waals surface area contributed by atoms with Crippen LogP contribution < -0.4 is 0 Å². The molecule has 0 spiro atoms. The van der Waals surface area contributed by atoms with Gasteiger partial charge in [0.05, 0.1) is 0 Å². The molecule has 0 saturated heterocycles. The molecule has 106 valence electrons. The minimum atomic E-state index is 0.579. The Morgan fingerprint density at radius 2 is 1.79 bits per heavy atom. The van der Waals surface area contributed by atoms with E-state index in [0.717, 1.165) is 12.5 Å². The lowest BCUT2D eigenvalue weighted by Crippen LogP contribution is -2.37. The van der Waals surface area contributed by atoms with Crippen molar-refractivity contribution in [2.75, 3.05) is 13.6 Å². The fourth-order valence-electron chi connectivity index (χ4n) is 3.52. The van der Waals surface area contributed by atoms with Gasteiger partial charge in [-0.05, 0) is 43.2 Å². The van der Waals surface area contributed by atoms with Crippen LogP contribution in [0.2, 0.25) is 0 Å². The Hall–Kier alpha value is -0.820. The minimum absolute atomic E-state index is 0.579. The van der Waals surface area contributed by atoms with Gasteiger partial charge in [-0.25, -0.2) is 0 Å². The third-order valence-corrected chi connectivity index (χ3v) is 4.99. The lowest BCUT2D eigenvalue weighted by Gasteiger charge is -2.41. The molecule has 0 atom stereocenters. The van der Waals surface area contributed by atoms with Gasteiger partial charge in [0, 0.05) is 13.1 Å². The molecule has 1 heteroatoms. The van der Waals surface area contributed by atoms with Crippen molar-refractivity contribution in [1.82, 2.24) is 4.90 Å². The molecule has 0 radical (unpaired) electrons. The van der Waals surface area contributed by atoms with Gasteiger partial charge in [0.2, 0.25) is 0 Å². The molecular weight excluding hydrogens is 230 g/mol. The smallest absolute Gasteiger partial charge is 0.0230 e. The lowest BCUT2D eigenvalue weighted by atomic mass is 9.69. The first-order valence-corrected chi connectivity index (χ1v) is 7.86. The van der Waals surface area contributed by atoms with Crippen molar-refractivity contribution in [1.29, 1.82) is 0 Å². The Kier molecular flexibility index (Phi) is 5.04. The van der Waals surface area contributed by atoms with E-state index in [1.807, 2.05) is 0 Å². The first kappa shape index (κ1) is 14.6. The van der Waals surface area contributed by atoms with Crippen molar-refractivity contribution in [3.8, 4) is 0 Å². The van der Waals surface area contributed by atoms with Gasteiger partial charge in [-0.15, -0.1) is 0 Å². The topological polar surface area (TPSA) is 3.24 Å². The quantitative estimate of drug-likeness (QED) is 0.739. The molecule has 0 amide bonds. The van der Waals surface area contributed by atoms with Crippen LogP contribution in [0.25, 0.3) is 0 Å². The highest BCUT2D eigenvalue weighted by atomic mass is 15.1. The summed E-state index contributed by atoms with van der Waals surface area (Å²) in [5, 5.41) is 0. The van der Waals surface area contributed by atoms with Crippen LogP contribution in [0, 0.1) is 11.3 Å². The summed E-state index contributed by atoms with van der Waals surface area (Å²) in [5.41, 5.74) is 2.01. The molecule has 1 aromatic carbocycles. The average molecular weight is 259 g/mol. The van der Waals surface area contributed by atoms with Crippen LogP contribution in [0.5, 0.6) is 0 Å². The van der Waals surface area contributed by atoms with Gasteiger partial charge < -0.3 is 4.90 Å². The largest absolute Gasteiger partial charge is 0.302 e. The standard InChI is InChI=1S/C18H29N/c1-4-18(12-10-16(2)11-13-18)15-19(3)14-17-8-6-5-7-9-17/h5-9,16H,4,10-15H2,1-3H3. The summed E-state index contributed by atoms with van der Waals surface area (Å²) >= 11 is 0. The summed E-state index contributed by atoms with van der Waals surface area (Å²) < 4.78 is 0. The lowest BCUT2D eigenvalue weighted by molar-refractivity contribution is 0.0930. The maximum atomic E-state index is 2.52. The van der Waals surface area contributed by atoms with Gasteiger partial charge in [-0.1, -0.05) is 57.0 Å². The molecule has 0 heterocycles. The van der Waals surface area contributed by atoms with Gasteiger partial charge >= 0.3 is 0 Å². The fraction of sp³-hybridized carbons (Fsp3) is 0.667. The van der Waals surface area contributed by atoms with E-state index >= 15 is 0 Å². The van der Waals surface area contributed by atoms with Gasteiger partial charge in [0.25, 0.3) is 0 Å². The highest BCUT2D eigenvalue weighted by Gasteiger charge is 2.33.